The molecule has 11 heteroatoms. The van der Waals surface area contributed by atoms with E-state index in [2.05, 4.69) is 10.2 Å². The van der Waals surface area contributed by atoms with E-state index in [4.69, 9.17) is 4.74 Å². The Kier molecular flexibility index (Phi) is 5.57. The summed E-state index contributed by atoms with van der Waals surface area (Å²) in [6, 6.07) is 17.9. The number of nitrogens with zero attached hydrogens (tertiary/aromatic N) is 6. The summed E-state index contributed by atoms with van der Waals surface area (Å²) in [5.74, 6) is 0.259. The van der Waals surface area contributed by atoms with E-state index in [1.807, 2.05) is 30.3 Å². The van der Waals surface area contributed by atoms with Crippen molar-refractivity contribution in [1.29, 1.82) is 0 Å². The van der Waals surface area contributed by atoms with Crippen LogP contribution in [0.25, 0.3) is 28.5 Å². The minimum atomic E-state index is -2.90. The van der Waals surface area contributed by atoms with Crippen molar-refractivity contribution in [3.63, 3.8) is 0 Å². The number of benzene rings is 2. The number of hydrogen-bond donors (Lipinski definition) is 0. The lowest BCUT2D eigenvalue weighted by Crippen LogP contribution is -2.21. The van der Waals surface area contributed by atoms with E-state index in [0.717, 1.165) is 22.6 Å². The first kappa shape index (κ1) is 22.0. The van der Waals surface area contributed by atoms with E-state index in [-0.39, 0.29) is 22.6 Å². The van der Waals surface area contributed by atoms with Crippen molar-refractivity contribution in [3.8, 4) is 34.2 Å². The molecule has 0 atom stereocenters. The lowest BCUT2D eigenvalue weighted by molar-refractivity contribution is 0.0487. The van der Waals surface area contributed by atoms with Gasteiger partial charge in [0.05, 0.1) is 30.4 Å². The van der Waals surface area contributed by atoms with Gasteiger partial charge in [0.15, 0.2) is 5.69 Å². The number of para-hydroxylation sites is 1. The molecule has 0 aliphatic carbocycles. The highest BCUT2D eigenvalue weighted by atomic mass is 19.3. The average molecular weight is 476 g/mol. The average Bonchev–Trinajstić information content (AvgIpc) is 3.51. The quantitative estimate of drug-likeness (QED) is 0.375. The predicted molar refractivity (Wildman–Crippen MR) is 124 cm³/mol. The molecular weight excluding hydrogens is 458 g/mol. The zero-order valence-electron chi connectivity index (χ0n) is 18.3. The van der Waals surface area contributed by atoms with Gasteiger partial charge in [-0.2, -0.15) is 19.0 Å². The first-order valence-electron chi connectivity index (χ1n) is 10.4. The minimum absolute atomic E-state index is 0.155. The fourth-order valence-electron chi connectivity index (χ4n) is 3.77. The number of alkyl halides is 2. The highest BCUT2D eigenvalue weighted by Crippen LogP contribution is 2.26. The van der Waals surface area contributed by atoms with Gasteiger partial charge in [0, 0.05) is 30.6 Å². The van der Waals surface area contributed by atoms with Gasteiger partial charge in [-0.15, -0.1) is 0 Å². The van der Waals surface area contributed by atoms with Crippen LogP contribution in [0, 0.1) is 0 Å². The molecule has 0 fully saturated rings. The van der Waals surface area contributed by atoms with E-state index in [1.165, 1.54) is 36.2 Å². The number of aromatic nitrogens is 6. The highest BCUT2D eigenvalue weighted by molar-refractivity contribution is 5.58. The monoisotopic (exact) mass is 476 g/mol. The van der Waals surface area contributed by atoms with Crippen molar-refractivity contribution in [1.82, 2.24) is 28.9 Å². The van der Waals surface area contributed by atoms with Crippen LogP contribution in [-0.2, 0) is 0 Å². The van der Waals surface area contributed by atoms with Gasteiger partial charge in [0.2, 0.25) is 5.43 Å². The third-order valence-electron chi connectivity index (χ3n) is 5.36. The minimum Gasteiger partial charge on any atom is -0.494 e. The van der Waals surface area contributed by atoms with Crippen LogP contribution in [0.3, 0.4) is 0 Å². The molecule has 9 nitrogen and oxygen atoms in total. The summed E-state index contributed by atoms with van der Waals surface area (Å²) in [4.78, 5) is 24.9. The zero-order valence-corrected chi connectivity index (χ0v) is 18.3. The van der Waals surface area contributed by atoms with Crippen molar-refractivity contribution in [2.75, 3.05) is 7.11 Å². The van der Waals surface area contributed by atoms with Crippen LogP contribution in [0.15, 0.2) is 94.9 Å². The van der Waals surface area contributed by atoms with Crippen molar-refractivity contribution in [2.24, 2.45) is 0 Å². The molecule has 0 saturated heterocycles. The van der Waals surface area contributed by atoms with E-state index < -0.39 is 12.1 Å². The smallest absolute Gasteiger partial charge is 0.332 e. The summed E-state index contributed by atoms with van der Waals surface area (Å²) in [5.41, 5.74) is 1.11. The Morgan fingerprint density at radius 2 is 1.71 bits per heavy atom. The molecule has 0 aliphatic heterocycles. The second kappa shape index (κ2) is 8.86. The van der Waals surface area contributed by atoms with Gasteiger partial charge in [0.25, 0.3) is 5.56 Å². The first-order valence-corrected chi connectivity index (χ1v) is 10.4. The van der Waals surface area contributed by atoms with Gasteiger partial charge in [-0.05, 0) is 30.3 Å². The second-order valence-electron chi connectivity index (χ2n) is 7.42. The van der Waals surface area contributed by atoms with Crippen LogP contribution < -0.4 is 15.7 Å². The maximum absolute atomic E-state index is 13.3. The van der Waals surface area contributed by atoms with Gasteiger partial charge < -0.3 is 4.74 Å². The summed E-state index contributed by atoms with van der Waals surface area (Å²) in [6.45, 7) is -2.90. The Morgan fingerprint density at radius 3 is 2.46 bits per heavy atom. The number of hydrogen-bond acceptors (Lipinski definition) is 5. The largest absolute Gasteiger partial charge is 0.494 e. The van der Waals surface area contributed by atoms with Crippen LogP contribution in [0.2, 0.25) is 0 Å². The fraction of sp³-hybridized carbons (Fsp3) is 0.0833. The molecule has 0 amide bonds. The second-order valence-corrected chi connectivity index (χ2v) is 7.42. The van der Waals surface area contributed by atoms with Crippen LogP contribution in [0.5, 0.6) is 5.75 Å². The van der Waals surface area contributed by atoms with E-state index >= 15 is 0 Å². The first-order chi connectivity index (χ1) is 17.0. The topological polar surface area (TPSA) is 88.9 Å². The molecule has 0 aliphatic rings. The normalized spacial score (nSPS) is 11.2. The van der Waals surface area contributed by atoms with Crippen LogP contribution in [-0.4, -0.2) is 36.0 Å². The maximum Gasteiger partial charge on any atom is 0.332 e. The van der Waals surface area contributed by atoms with Gasteiger partial charge in [-0.3, -0.25) is 9.59 Å². The third kappa shape index (κ3) is 3.92. The Hall–Kier alpha value is -4.80. The summed E-state index contributed by atoms with van der Waals surface area (Å²) in [7, 11) is 1.41. The molecule has 0 saturated carbocycles. The van der Waals surface area contributed by atoms with Gasteiger partial charge in [-0.25, -0.2) is 18.7 Å². The van der Waals surface area contributed by atoms with Crippen LogP contribution in [0.4, 0.5) is 8.78 Å². The maximum atomic E-state index is 13.3. The molecule has 5 rings (SSSR count). The zero-order chi connectivity index (χ0) is 24.5. The van der Waals surface area contributed by atoms with Gasteiger partial charge in [-0.1, -0.05) is 18.2 Å². The molecule has 176 valence electrons. The molecule has 2 aromatic carbocycles. The Bertz CT molecular complexity index is 1620. The molecule has 0 bridgehead atoms. The number of halogens is 2. The van der Waals surface area contributed by atoms with Gasteiger partial charge >= 0.3 is 6.55 Å². The fourth-order valence-corrected chi connectivity index (χ4v) is 3.77. The van der Waals surface area contributed by atoms with Gasteiger partial charge in [0.1, 0.15) is 11.4 Å². The van der Waals surface area contributed by atoms with E-state index in [0.29, 0.717) is 16.1 Å². The van der Waals surface area contributed by atoms with Crippen molar-refractivity contribution in [3.05, 3.63) is 106 Å². The van der Waals surface area contributed by atoms with Crippen molar-refractivity contribution >= 4 is 0 Å². The molecule has 5 aromatic rings. The number of ether oxygens (including phenoxy) is 1. The molecule has 35 heavy (non-hydrogen) atoms. The Labute approximate surface area is 196 Å². The predicted octanol–water partition coefficient (Wildman–Crippen LogP) is 3.44. The summed E-state index contributed by atoms with van der Waals surface area (Å²) in [6.07, 6.45) is 4.06. The number of rotatable bonds is 6. The third-order valence-corrected chi connectivity index (χ3v) is 5.36. The molecule has 0 unspecified atom stereocenters. The standard InChI is InChI=1S/C24H18F2N6O3/c1-35-21-15-17(32-22(34)11-14-30(32)24(25)26)7-8-18(21)29-13-10-20(33)23(28-29)19-9-12-27-31(19)16-5-3-2-4-6-16/h2-15,24H,1H3. The Balaban J connectivity index is 1.61. The Morgan fingerprint density at radius 1 is 0.914 bits per heavy atom. The summed E-state index contributed by atoms with van der Waals surface area (Å²) < 4.78 is 36.6. The number of methoxy groups -OCH3 is 1. The summed E-state index contributed by atoms with van der Waals surface area (Å²) in [5, 5.41) is 8.82. The van der Waals surface area contributed by atoms with Crippen molar-refractivity contribution in [2.45, 2.75) is 6.55 Å². The lowest BCUT2D eigenvalue weighted by Gasteiger charge is -2.15. The lowest BCUT2D eigenvalue weighted by atomic mass is 10.2. The molecule has 0 radical (unpaired) electrons. The molecular formula is C24H18F2N6O3. The van der Waals surface area contributed by atoms with E-state index in [9.17, 15) is 18.4 Å². The molecule has 0 spiro atoms. The molecule has 3 aromatic heterocycles. The molecule has 3 heterocycles. The SMILES string of the molecule is COc1cc(-n2c(=O)ccn2C(F)F)ccc1-n1ccc(=O)c(-c2ccnn2-c2ccccc2)n1. The van der Waals surface area contributed by atoms with E-state index in [1.54, 1.807) is 23.0 Å². The summed E-state index contributed by atoms with van der Waals surface area (Å²) >= 11 is 0. The highest BCUT2D eigenvalue weighted by Gasteiger charge is 2.18. The van der Waals surface area contributed by atoms with Crippen molar-refractivity contribution < 1.29 is 13.5 Å². The van der Waals surface area contributed by atoms with Crippen LogP contribution >= 0.6 is 0 Å². The molecule has 0 N–H and O–H groups in total. The van der Waals surface area contributed by atoms with Crippen LogP contribution in [0.1, 0.15) is 6.55 Å².